The van der Waals surface area contributed by atoms with Crippen molar-refractivity contribution in [1.29, 1.82) is 0 Å². The van der Waals surface area contributed by atoms with Crippen LogP contribution < -0.4 is 5.32 Å². The Morgan fingerprint density at radius 1 is 1.10 bits per heavy atom. The van der Waals surface area contributed by atoms with Crippen LogP contribution in [0.25, 0.3) is 0 Å². The fourth-order valence-corrected chi connectivity index (χ4v) is 8.98. The van der Waals surface area contributed by atoms with E-state index in [-0.39, 0.29) is 36.6 Å². The lowest BCUT2D eigenvalue weighted by Crippen LogP contribution is -2.59. The van der Waals surface area contributed by atoms with Gasteiger partial charge in [-0.1, -0.05) is 127 Å². The van der Waals surface area contributed by atoms with Gasteiger partial charge in [0.1, 0.15) is 11.5 Å². The van der Waals surface area contributed by atoms with Crippen LogP contribution in [0.15, 0.2) is 78.9 Å². The Balaban J connectivity index is 1.50. The average molecular weight is 716 g/mol. The van der Waals surface area contributed by atoms with E-state index in [0.717, 1.165) is 18.4 Å². The van der Waals surface area contributed by atoms with E-state index in [2.05, 4.69) is 50.0 Å². The number of esters is 1. The number of benzene rings is 1. The summed E-state index contributed by atoms with van der Waals surface area (Å²) in [5.41, 5.74) is -1.49. The number of ketones is 1. The van der Waals surface area contributed by atoms with Crippen LogP contribution in [0, 0.1) is 35.0 Å². The number of carbonyl (C=O) groups is 3. The number of unbranched alkanes of at least 4 members (excludes halogenated alkanes) is 5. The highest BCUT2D eigenvalue weighted by Crippen LogP contribution is 2.57. The molecule has 2 aliphatic carbocycles. The predicted octanol–water partition coefficient (Wildman–Crippen LogP) is 8.40. The van der Waals surface area contributed by atoms with Gasteiger partial charge in [-0.15, -0.1) is 0 Å². The Kier molecular flexibility index (Phi) is 15.3. The Hall–Kier alpha value is -3.29. The van der Waals surface area contributed by atoms with E-state index in [1.54, 1.807) is 6.92 Å². The topological polar surface area (TPSA) is 113 Å². The Morgan fingerprint density at radius 3 is 2.54 bits per heavy atom. The third-order valence-electron chi connectivity index (χ3n) is 12.0. The van der Waals surface area contributed by atoms with Crippen LogP contribution in [0.5, 0.6) is 0 Å². The van der Waals surface area contributed by atoms with Gasteiger partial charge < -0.3 is 20.3 Å². The number of hydrogen-bond acceptors (Lipinski definition) is 6. The number of Topliss-reactive ketones (excluding diaryl/α,β-unsaturated/α-hetero) is 1. The standard InChI is InChI=1S/C45H65NO6/c1-7-8-9-10-11-12-13-14-15-17-21-31(2)26-27-40(48)52-39-29-38(47)45-36(25-20-22-32(3)30-44(39,6)51)42(49)34(5)33(4)41(45)37(46-43(45)50)28-35-23-18-16-19-24-35/h13-20,23-25,31-33,36-37,39,41-42,49,51H,5,7-12,21-22,26-30H2,1-4,6H3,(H,46,50)/b14-13+,17-15+,25-20+/t31?,32-,33+,36-,37-,39+,41-,42+,44-,45-/m0/s1. The molecule has 1 spiro atoms. The highest BCUT2D eigenvalue weighted by atomic mass is 16.6. The zero-order valence-electron chi connectivity index (χ0n) is 32.4. The summed E-state index contributed by atoms with van der Waals surface area (Å²) < 4.78 is 6.04. The van der Waals surface area contributed by atoms with Gasteiger partial charge in [0.05, 0.1) is 11.7 Å². The molecule has 10 atom stereocenters. The first kappa shape index (κ1) is 41.5. The van der Waals surface area contributed by atoms with Crippen LogP contribution >= 0.6 is 0 Å². The van der Waals surface area contributed by atoms with E-state index in [9.17, 15) is 24.6 Å². The predicted molar refractivity (Wildman–Crippen MR) is 208 cm³/mol. The van der Waals surface area contributed by atoms with E-state index in [0.29, 0.717) is 31.3 Å². The average Bonchev–Trinajstić information content (AvgIpc) is 3.39. The third kappa shape index (κ3) is 10.0. The molecule has 7 nitrogen and oxygen atoms in total. The molecule has 7 heteroatoms. The van der Waals surface area contributed by atoms with Crippen LogP contribution in [0.1, 0.15) is 117 Å². The minimum Gasteiger partial charge on any atom is -0.459 e. The molecule has 1 aromatic carbocycles. The van der Waals surface area contributed by atoms with E-state index in [4.69, 9.17) is 4.74 Å². The number of amides is 1. The van der Waals surface area contributed by atoms with Crippen molar-refractivity contribution >= 4 is 17.7 Å². The number of allylic oxidation sites excluding steroid dienone is 5. The first-order chi connectivity index (χ1) is 24.8. The molecule has 1 amide bonds. The van der Waals surface area contributed by atoms with Gasteiger partial charge in [0, 0.05) is 30.7 Å². The Morgan fingerprint density at radius 2 is 1.81 bits per heavy atom. The molecule has 3 N–H and O–H groups in total. The van der Waals surface area contributed by atoms with Gasteiger partial charge in [-0.25, -0.2) is 0 Å². The van der Waals surface area contributed by atoms with Gasteiger partial charge in [-0.05, 0) is 80.8 Å². The van der Waals surface area contributed by atoms with Crippen molar-refractivity contribution in [3.63, 3.8) is 0 Å². The zero-order valence-corrected chi connectivity index (χ0v) is 32.4. The molecule has 1 aromatic rings. The van der Waals surface area contributed by atoms with Gasteiger partial charge in [0.15, 0.2) is 5.78 Å². The number of aliphatic hydroxyl groups excluding tert-OH is 1. The van der Waals surface area contributed by atoms with Crippen molar-refractivity contribution in [2.75, 3.05) is 0 Å². The molecule has 0 aromatic heterocycles. The van der Waals surface area contributed by atoms with Gasteiger partial charge in [-0.3, -0.25) is 14.4 Å². The first-order valence-electron chi connectivity index (χ1n) is 20.0. The largest absolute Gasteiger partial charge is 0.459 e. The summed E-state index contributed by atoms with van der Waals surface area (Å²) in [4.78, 5) is 42.7. The normalized spacial score (nSPS) is 33.7. The quantitative estimate of drug-likeness (QED) is 0.0553. The second-order valence-electron chi connectivity index (χ2n) is 16.4. The second kappa shape index (κ2) is 19.2. The maximum absolute atomic E-state index is 14.9. The molecular weight excluding hydrogens is 650 g/mol. The summed E-state index contributed by atoms with van der Waals surface area (Å²) in [5.74, 6) is -2.75. The van der Waals surface area contributed by atoms with Gasteiger partial charge in [-0.2, -0.15) is 0 Å². The van der Waals surface area contributed by atoms with Crippen molar-refractivity contribution in [1.82, 2.24) is 5.32 Å². The van der Waals surface area contributed by atoms with Crippen molar-refractivity contribution in [3.8, 4) is 0 Å². The maximum Gasteiger partial charge on any atom is 0.306 e. The van der Waals surface area contributed by atoms with Crippen molar-refractivity contribution in [3.05, 3.63) is 84.5 Å². The van der Waals surface area contributed by atoms with E-state index in [1.165, 1.54) is 32.1 Å². The lowest BCUT2D eigenvalue weighted by Gasteiger charge is -2.49. The number of carbonyl (C=O) groups excluding carboxylic acids is 3. The Labute approximate surface area is 313 Å². The lowest BCUT2D eigenvalue weighted by molar-refractivity contribution is -0.171. The molecule has 0 bridgehead atoms. The molecule has 1 saturated heterocycles. The van der Waals surface area contributed by atoms with Crippen LogP contribution in [0.2, 0.25) is 0 Å². The molecule has 3 aliphatic rings. The molecular formula is C45H65NO6. The van der Waals surface area contributed by atoms with Gasteiger partial charge in [0.2, 0.25) is 5.91 Å². The number of aliphatic hydroxyl groups is 2. The summed E-state index contributed by atoms with van der Waals surface area (Å²) in [6.45, 7) is 14.1. The molecule has 286 valence electrons. The lowest BCUT2D eigenvalue weighted by atomic mass is 9.51. The second-order valence-corrected chi connectivity index (χ2v) is 16.4. The fraction of sp³-hybridized carbons (Fsp3) is 0.622. The highest BCUT2D eigenvalue weighted by Gasteiger charge is 2.68. The minimum atomic E-state index is -1.62. The van der Waals surface area contributed by atoms with Crippen LogP contribution in [0.4, 0.5) is 0 Å². The smallest absolute Gasteiger partial charge is 0.306 e. The van der Waals surface area contributed by atoms with E-state index >= 15 is 0 Å². The zero-order chi connectivity index (χ0) is 37.9. The molecule has 1 heterocycles. The first-order valence-corrected chi connectivity index (χ1v) is 20.0. The minimum absolute atomic E-state index is 0.0135. The summed E-state index contributed by atoms with van der Waals surface area (Å²) >= 11 is 0. The van der Waals surface area contributed by atoms with Crippen molar-refractivity contribution in [2.45, 2.75) is 142 Å². The number of hydrogen-bond donors (Lipinski definition) is 3. The maximum atomic E-state index is 14.9. The third-order valence-corrected chi connectivity index (χ3v) is 12.0. The number of ether oxygens (including phenoxy) is 1. The van der Waals surface area contributed by atoms with E-state index in [1.807, 2.05) is 56.3 Å². The van der Waals surface area contributed by atoms with E-state index < -0.39 is 52.7 Å². The van der Waals surface area contributed by atoms with Crippen LogP contribution in [-0.4, -0.2) is 51.7 Å². The Bertz CT molecular complexity index is 1440. The van der Waals surface area contributed by atoms with Crippen LogP contribution in [-0.2, 0) is 25.5 Å². The summed E-state index contributed by atoms with van der Waals surface area (Å²) in [6.07, 6.45) is 20.1. The fourth-order valence-electron chi connectivity index (χ4n) is 8.98. The van der Waals surface area contributed by atoms with Gasteiger partial charge >= 0.3 is 5.97 Å². The molecule has 0 radical (unpaired) electrons. The van der Waals surface area contributed by atoms with Crippen LogP contribution in [0.3, 0.4) is 0 Å². The van der Waals surface area contributed by atoms with Crippen molar-refractivity contribution in [2.24, 2.45) is 35.0 Å². The summed E-state index contributed by atoms with van der Waals surface area (Å²) in [6, 6.07) is 9.48. The molecule has 1 unspecified atom stereocenters. The molecule has 2 fully saturated rings. The monoisotopic (exact) mass is 715 g/mol. The van der Waals surface area contributed by atoms with Gasteiger partial charge in [0.25, 0.3) is 0 Å². The molecule has 52 heavy (non-hydrogen) atoms. The SMILES string of the molecule is C=C1[C@@H](C)[C@H]2[C@H](Cc3ccccc3)NC(=O)[C@@]23C(=O)C[C@@H](OC(=O)CCC(C)C/C=C/C=C/CCCCCCC)[C@@](C)(O)C[C@@H](C)C/C=C/[C@H]3[C@@H]1O. The molecule has 1 saturated carbocycles. The molecule has 1 aliphatic heterocycles. The van der Waals surface area contributed by atoms with Crippen molar-refractivity contribution < 1.29 is 29.3 Å². The number of nitrogens with one attached hydrogen (secondary N) is 1. The summed E-state index contributed by atoms with van der Waals surface area (Å²) in [5, 5.41) is 26.7. The summed E-state index contributed by atoms with van der Waals surface area (Å²) in [7, 11) is 0. The highest BCUT2D eigenvalue weighted by molar-refractivity contribution is 6.09. The number of rotatable bonds is 15. The molecule has 4 rings (SSSR count).